The van der Waals surface area contributed by atoms with E-state index in [2.05, 4.69) is 0 Å². The Balaban J connectivity index is 2.92. The van der Waals surface area contributed by atoms with Gasteiger partial charge in [-0.05, 0) is 21.5 Å². The highest BCUT2D eigenvalue weighted by Crippen LogP contribution is 2.15. The fraction of sp³-hybridized carbons (Fsp3) is 0. The van der Waals surface area contributed by atoms with Gasteiger partial charge in [-0.3, -0.25) is 0 Å². The summed E-state index contributed by atoms with van der Waals surface area (Å²) in [6, 6.07) is 20.6. The molecule has 4 nitrogen and oxygen atoms in total. The van der Waals surface area contributed by atoms with Crippen molar-refractivity contribution in [3.05, 3.63) is 59.0 Å². The number of hydrogen-bond acceptors (Lipinski definition) is 4. The molecule has 0 spiro atoms. The van der Waals surface area contributed by atoms with E-state index in [1.807, 2.05) is 66.7 Å². The van der Waals surface area contributed by atoms with Gasteiger partial charge in [0.2, 0.25) is 0 Å². The summed E-state index contributed by atoms with van der Waals surface area (Å²) in [5.74, 6) is 0. The van der Waals surface area contributed by atoms with Gasteiger partial charge < -0.3 is 5.73 Å². The van der Waals surface area contributed by atoms with E-state index in [9.17, 15) is 15.8 Å². The molecule has 0 aromatic heterocycles. The van der Waals surface area contributed by atoms with Crippen LogP contribution in [0.4, 0.5) is 0 Å². The van der Waals surface area contributed by atoms with E-state index in [1.54, 1.807) is 0 Å². The first-order chi connectivity index (χ1) is 11.2. The van der Waals surface area contributed by atoms with Gasteiger partial charge in [0.05, 0.1) is 0 Å². The van der Waals surface area contributed by atoms with Crippen molar-refractivity contribution in [3.8, 4) is 18.2 Å². The molecule has 0 aliphatic heterocycles. The molecule has 0 amide bonds. The number of fused-ring (bicyclic) bond motifs is 2. The van der Waals surface area contributed by atoms with Crippen LogP contribution in [0.25, 0.3) is 32.8 Å². The predicted octanol–water partition coefficient (Wildman–Crippen LogP) is 1.78. The van der Waals surface area contributed by atoms with E-state index in [0.717, 1.165) is 21.5 Å². The molecule has 0 atom stereocenters. The maximum Gasteiger partial charge on any atom is 0.138 e. The maximum absolute atomic E-state index is 9.33. The van der Waals surface area contributed by atoms with Gasteiger partial charge >= 0.3 is 0 Å². The molecule has 0 radical (unpaired) electrons. The van der Waals surface area contributed by atoms with Crippen LogP contribution < -0.4 is 16.2 Å². The van der Waals surface area contributed by atoms with Crippen LogP contribution in [-0.4, -0.2) is 0 Å². The molecule has 0 heterocycles. The molecule has 0 aliphatic carbocycles. The topological polar surface area (TPSA) is 97.4 Å². The van der Waals surface area contributed by atoms with Crippen molar-refractivity contribution in [2.45, 2.75) is 0 Å². The molecule has 0 fully saturated rings. The zero-order valence-corrected chi connectivity index (χ0v) is 12.0. The highest BCUT2D eigenvalue weighted by Gasteiger charge is 2.10. The molecule has 2 N–H and O–H groups in total. The van der Waals surface area contributed by atoms with Gasteiger partial charge in [0.15, 0.2) is 0 Å². The van der Waals surface area contributed by atoms with Gasteiger partial charge in [0, 0.05) is 10.4 Å². The Morgan fingerprint density at radius 1 is 0.652 bits per heavy atom. The normalized spacial score (nSPS) is 9.78. The van der Waals surface area contributed by atoms with Crippen LogP contribution in [0, 0.1) is 34.0 Å². The summed E-state index contributed by atoms with van der Waals surface area (Å²) in [7, 11) is 0. The Kier molecular flexibility index (Phi) is 3.40. The lowest BCUT2D eigenvalue weighted by molar-refractivity contribution is 1.48. The first kappa shape index (κ1) is 14.1. The smallest absolute Gasteiger partial charge is 0.138 e. The van der Waals surface area contributed by atoms with Crippen LogP contribution >= 0.6 is 0 Å². The maximum atomic E-state index is 9.33. The number of nitrogens with zero attached hydrogens (tertiary/aromatic N) is 3. The summed E-state index contributed by atoms with van der Waals surface area (Å²) in [6.07, 6.45) is 0. The fourth-order valence-corrected chi connectivity index (χ4v) is 2.88. The van der Waals surface area contributed by atoms with Crippen LogP contribution in [0.3, 0.4) is 0 Å². The highest BCUT2D eigenvalue weighted by atomic mass is 14.6. The number of rotatable bonds is 0. The molecule has 106 valence electrons. The Morgan fingerprint density at radius 3 is 1.39 bits per heavy atom. The first-order valence-corrected chi connectivity index (χ1v) is 6.86. The second-order valence-electron chi connectivity index (χ2n) is 4.97. The number of hydrogen-bond donors (Lipinski definition) is 1. The third-order valence-corrected chi connectivity index (χ3v) is 3.79. The molecular weight excluding hydrogens is 284 g/mol. The van der Waals surface area contributed by atoms with Crippen molar-refractivity contribution < 1.29 is 0 Å². The second-order valence-corrected chi connectivity index (χ2v) is 4.97. The molecule has 3 rings (SSSR count). The molecule has 0 aliphatic rings. The average molecular weight is 294 g/mol. The quantitative estimate of drug-likeness (QED) is 0.639. The average Bonchev–Trinajstić information content (AvgIpc) is 2.61. The minimum Gasteiger partial charge on any atom is -0.390 e. The number of nitrogens with two attached hydrogens (primary N) is 1. The molecule has 0 saturated carbocycles. The van der Waals surface area contributed by atoms with Crippen LogP contribution in [0.1, 0.15) is 0 Å². The summed E-state index contributed by atoms with van der Waals surface area (Å²) in [4.78, 5) is 0. The minimum atomic E-state index is 0.0412. The third kappa shape index (κ3) is 2.05. The summed E-state index contributed by atoms with van der Waals surface area (Å²) in [5.41, 5.74) is 6.09. The van der Waals surface area contributed by atoms with Gasteiger partial charge in [-0.1, -0.05) is 48.5 Å². The van der Waals surface area contributed by atoms with Crippen molar-refractivity contribution in [3.63, 3.8) is 0 Å². The largest absolute Gasteiger partial charge is 0.390 e. The Hall–Kier alpha value is -3.81. The molecule has 0 bridgehead atoms. The molecule has 23 heavy (non-hydrogen) atoms. The van der Waals surface area contributed by atoms with Gasteiger partial charge in [0.25, 0.3) is 0 Å². The Labute approximate surface area is 132 Å². The zero-order valence-electron chi connectivity index (χ0n) is 12.0. The number of nitriles is 3. The summed E-state index contributed by atoms with van der Waals surface area (Å²) >= 11 is 0. The van der Waals surface area contributed by atoms with E-state index in [1.165, 1.54) is 0 Å². The molecule has 0 saturated heterocycles. The fourth-order valence-electron chi connectivity index (χ4n) is 2.88. The van der Waals surface area contributed by atoms with E-state index in [4.69, 9.17) is 5.73 Å². The van der Waals surface area contributed by atoms with Crippen molar-refractivity contribution >= 4 is 32.8 Å². The molecule has 4 heteroatoms. The van der Waals surface area contributed by atoms with Crippen LogP contribution in [0.15, 0.2) is 48.5 Å². The number of benzene rings is 3. The summed E-state index contributed by atoms with van der Waals surface area (Å²) in [6.45, 7) is 0. The van der Waals surface area contributed by atoms with Gasteiger partial charge in [0.1, 0.15) is 29.5 Å². The highest BCUT2D eigenvalue weighted by molar-refractivity contribution is 6.04. The molecule has 3 aromatic carbocycles. The minimum absolute atomic E-state index is 0.0412. The van der Waals surface area contributed by atoms with Crippen molar-refractivity contribution in [1.29, 1.82) is 15.8 Å². The van der Waals surface area contributed by atoms with Gasteiger partial charge in [-0.15, -0.1) is 0 Å². The Bertz CT molecular complexity index is 1120. The Morgan fingerprint density at radius 2 is 1.04 bits per heavy atom. The summed E-state index contributed by atoms with van der Waals surface area (Å²) in [5, 5.41) is 32.1. The SMILES string of the molecule is N#CC(N)=c1c2ccccc2c(=C(C#N)C#N)c2ccccc12. The molecule has 3 aromatic rings. The van der Waals surface area contributed by atoms with E-state index in [0.29, 0.717) is 10.4 Å². The van der Waals surface area contributed by atoms with E-state index >= 15 is 0 Å². The van der Waals surface area contributed by atoms with Crippen LogP contribution in [-0.2, 0) is 0 Å². The van der Waals surface area contributed by atoms with Crippen LogP contribution in [0.5, 0.6) is 0 Å². The second kappa shape index (κ2) is 5.53. The van der Waals surface area contributed by atoms with Crippen molar-refractivity contribution in [1.82, 2.24) is 0 Å². The van der Waals surface area contributed by atoms with Gasteiger partial charge in [-0.2, -0.15) is 15.8 Å². The summed E-state index contributed by atoms with van der Waals surface area (Å²) < 4.78 is 0. The lowest BCUT2D eigenvalue weighted by Crippen LogP contribution is -2.20. The van der Waals surface area contributed by atoms with Crippen LogP contribution in [0.2, 0.25) is 0 Å². The van der Waals surface area contributed by atoms with E-state index < -0.39 is 0 Å². The third-order valence-electron chi connectivity index (χ3n) is 3.79. The predicted molar refractivity (Wildman–Crippen MR) is 88.5 cm³/mol. The van der Waals surface area contributed by atoms with Crippen molar-refractivity contribution in [2.24, 2.45) is 5.73 Å². The lowest BCUT2D eigenvalue weighted by atomic mass is 9.95. The standard InChI is InChI=1S/C19H10N4/c20-9-12(10-21)18-13-5-1-3-7-15(13)19(17(23)11-22)16-8-4-2-6-14(16)18/h1-8H,23H2. The van der Waals surface area contributed by atoms with E-state index in [-0.39, 0.29) is 11.3 Å². The van der Waals surface area contributed by atoms with Gasteiger partial charge in [-0.25, -0.2) is 0 Å². The molecular formula is C19H10N4. The first-order valence-electron chi connectivity index (χ1n) is 6.86. The zero-order chi connectivity index (χ0) is 16.4. The van der Waals surface area contributed by atoms with Crippen molar-refractivity contribution in [2.75, 3.05) is 0 Å². The molecule has 0 unspecified atom stereocenters. The monoisotopic (exact) mass is 294 g/mol. The lowest BCUT2D eigenvalue weighted by Gasteiger charge is -2.08.